The largest absolute Gasteiger partial charge is 0.391 e. The number of aromatic nitrogens is 1. The maximum Gasteiger partial charge on any atom is 0.123 e. The van der Waals surface area contributed by atoms with Gasteiger partial charge in [-0.25, -0.2) is 4.98 Å². The van der Waals surface area contributed by atoms with Crippen LogP contribution in [0.3, 0.4) is 0 Å². The standard InChI is InChI=1S/C8H13N3O/c1-5(12)8(10)6-3-2-4-7(9)11-6/h2-5,8,12H,10H2,1H3,(H2,9,11). The molecule has 12 heavy (non-hydrogen) atoms. The van der Waals surface area contributed by atoms with Crippen molar-refractivity contribution in [1.82, 2.24) is 4.98 Å². The Morgan fingerprint density at radius 3 is 2.67 bits per heavy atom. The van der Waals surface area contributed by atoms with Gasteiger partial charge in [-0.1, -0.05) is 6.07 Å². The molecule has 0 amide bonds. The number of aliphatic hydroxyl groups excluding tert-OH is 1. The molecule has 1 aromatic rings. The maximum atomic E-state index is 9.16. The molecule has 1 aromatic heterocycles. The lowest BCUT2D eigenvalue weighted by molar-refractivity contribution is 0.162. The van der Waals surface area contributed by atoms with Crippen molar-refractivity contribution in [2.24, 2.45) is 5.73 Å². The van der Waals surface area contributed by atoms with Crippen molar-refractivity contribution in [3.63, 3.8) is 0 Å². The molecule has 0 spiro atoms. The fourth-order valence-corrected chi connectivity index (χ4v) is 0.902. The third-order valence-electron chi connectivity index (χ3n) is 1.65. The number of rotatable bonds is 2. The quantitative estimate of drug-likeness (QED) is 0.580. The molecule has 4 heteroatoms. The summed E-state index contributed by atoms with van der Waals surface area (Å²) in [6, 6.07) is 4.72. The lowest BCUT2D eigenvalue weighted by atomic mass is 10.1. The topological polar surface area (TPSA) is 85.2 Å². The highest BCUT2D eigenvalue weighted by Crippen LogP contribution is 2.12. The van der Waals surface area contributed by atoms with Crippen molar-refractivity contribution in [3.05, 3.63) is 23.9 Å². The van der Waals surface area contributed by atoms with Crippen LogP contribution >= 0.6 is 0 Å². The number of pyridine rings is 1. The van der Waals surface area contributed by atoms with Crippen LogP contribution in [-0.4, -0.2) is 16.2 Å². The van der Waals surface area contributed by atoms with Crippen LogP contribution in [0.2, 0.25) is 0 Å². The van der Waals surface area contributed by atoms with Crippen molar-refractivity contribution in [1.29, 1.82) is 0 Å². The average molecular weight is 167 g/mol. The number of hydrogen-bond acceptors (Lipinski definition) is 4. The number of nitrogen functional groups attached to an aromatic ring is 1. The second-order valence-electron chi connectivity index (χ2n) is 2.75. The molecule has 4 nitrogen and oxygen atoms in total. The highest BCUT2D eigenvalue weighted by Gasteiger charge is 2.12. The van der Waals surface area contributed by atoms with Gasteiger partial charge in [-0.3, -0.25) is 0 Å². The van der Waals surface area contributed by atoms with Gasteiger partial charge in [0.1, 0.15) is 5.82 Å². The average Bonchev–Trinajstić information content (AvgIpc) is 2.03. The van der Waals surface area contributed by atoms with Crippen LogP contribution in [0.15, 0.2) is 18.2 Å². The normalized spacial score (nSPS) is 15.6. The molecule has 1 heterocycles. The van der Waals surface area contributed by atoms with Crippen LogP contribution in [0.5, 0.6) is 0 Å². The fourth-order valence-electron chi connectivity index (χ4n) is 0.902. The molecule has 0 aromatic carbocycles. The molecule has 66 valence electrons. The Balaban J connectivity index is 2.88. The number of hydrogen-bond donors (Lipinski definition) is 3. The van der Waals surface area contributed by atoms with E-state index in [4.69, 9.17) is 16.6 Å². The summed E-state index contributed by atoms with van der Waals surface area (Å²) in [5, 5.41) is 9.16. The molecule has 5 N–H and O–H groups in total. The van der Waals surface area contributed by atoms with Gasteiger partial charge in [0.25, 0.3) is 0 Å². The first kappa shape index (κ1) is 8.96. The van der Waals surface area contributed by atoms with Crippen LogP contribution in [0.4, 0.5) is 5.82 Å². The van der Waals surface area contributed by atoms with Crippen LogP contribution in [0.1, 0.15) is 18.7 Å². The van der Waals surface area contributed by atoms with Gasteiger partial charge < -0.3 is 16.6 Å². The molecule has 1 rings (SSSR count). The van der Waals surface area contributed by atoms with Gasteiger partial charge in [0.05, 0.1) is 17.8 Å². The first-order chi connectivity index (χ1) is 5.61. The summed E-state index contributed by atoms with van der Waals surface area (Å²) in [5.74, 6) is 0.420. The first-order valence-corrected chi connectivity index (χ1v) is 3.77. The summed E-state index contributed by atoms with van der Waals surface area (Å²) in [6.45, 7) is 1.62. The lowest BCUT2D eigenvalue weighted by Gasteiger charge is -2.13. The van der Waals surface area contributed by atoms with E-state index < -0.39 is 12.1 Å². The van der Waals surface area contributed by atoms with E-state index >= 15 is 0 Å². The predicted molar refractivity (Wildman–Crippen MR) is 47.3 cm³/mol. The van der Waals surface area contributed by atoms with Crippen LogP contribution in [-0.2, 0) is 0 Å². The van der Waals surface area contributed by atoms with Crippen LogP contribution in [0, 0.1) is 0 Å². The SMILES string of the molecule is CC(O)C(N)c1cccc(N)n1. The molecule has 0 fully saturated rings. The van der Waals surface area contributed by atoms with E-state index in [9.17, 15) is 0 Å². The summed E-state index contributed by atoms with van der Waals surface area (Å²) in [6.07, 6.45) is -0.612. The smallest absolute Gasteiger partial charge is 0.123 e. The number of nitrogens with zero attached hydrogens (tertiary/aromatic N) is 1. The predicted octanol–water partition coefficient (Wildman–Crippen LogP) is 0.0444. The Morgan fingerprint density at radius 1 is 1.50 bits per heavy atom. The van der Waals surface area contributed by atoms with Gasteiger partial charge in [-0.05, 0) is 19.1 Å². The highest BCUT2D eigenvalue weighted by atomic mass is 16.3. The zero-order chi connectivity index (χ0) is 9.14. The molecule has 0 aliphatic heterocycles. The molecular weight excluding hydrogens is 154 g/mol. The van der Waals surface area contributed by atoms with Crippen LogP contribution in [0.25, 0.3) is 0 Å². The third kappa shape index (κ3) is 1.93. The molecule has 0 aliphatic rings. The Labute approximate surface area is 71.2 Å². The number of anilines is 1. The molecule has 2 atom stereocenters. The summed E-state index contributed by atoms with van der Waals surface area (Å²) < 4.78 is 0. The monoisotopic (exact) mass is 167 g/mol. The zero-order valence-electron chi connectivity index (χ0n) is 6.94. The summed E-state index contributed by atoms with van der Waals surface area (Å²) in [7, 11) is 0. The summed E-state index contributed by atoms with van der Waals surface area (Å²) in [4.78, 5) is 3.99. The second-order valence-corrected chi connectivity index (χ2v) is 2.75. The van der Waals surface area contributed by atoms with E-state index in [1.54, 1.807) is 25.1 Å². The van der Waals surface area contributed by atoms with Crippen molar-refractivity contribution >= 4 is 5.82 Å². The van der Waals surface area contributed by atoms with Crippen molar-refractivity contribution in [2.45, 2.75) is 19.1 Å². The minimum atomic E-state index is -0.612. The minimum Gasteiger partial charge on any atom is -0.391 e. The zero-order valence-corrected chi connectivity index (χ0v) is 6.94. The van der Waals surface area contributed by atoms with Crippen molar-refractivity contribution < 1.29 is 5.11 Å². The van der Waals surface area contributed by atoms with Gasteiger partial charge in [0.15, 0.2) is 0 Å². The van der Waals surface area contributed by atoms with E-state index in [2.05, 4.69) is 4.98 Å². The van der Waals surface area contributed by atoms with Gasteiger partial charge >= 0.3 is 0 Å². The van der Waals surface area contributed by atoms with Gasteiger partial charge in [0.2, 0.25) is 0 Å². The highest BCUT2D eigenvalue weighted by molar-refractivity contribution is 5.29. The number of aliphatic hydroxyl groups is 1. The molecule has 0 radical (unpaired) electrons. The minimum absolute atomic E-state index is 0.420. The number of nitrogens with two attached hydrogens (primary N) is 2. The Kier molecular flexibility index (Phi) is 2.62. The van der Waals surface area contributed by atoms with E-state index in [-0.39, 0.29) is 0 Å². The van der Waals surface area contributed by atoms with E-state index in [0.29, 0.717) is 11.5 Å². The van der Waals surface area contributed by atoms with Crippen molar-refractivity contribution in [3.8, 4) is 0 Å². The van der Waals surface area contributed by atoms with Gasteiger partial charge in [0, 0.05) is 0 Å². The second kappa shape index (κ2) is 3.51. The molecule has 0 bridgehead atoms. The molecule has 2 unspecified atom stereocenters. The first-order valence-electron chi connectivity index (χ1n) is 3.77. The van der Waals surface area contributed by atoms with E-state index in [1.807, 2.05) is 0 Å². The van der Waals surface area contributed by atoms with E-state index in [1.165, 1.54) is 0 Å². The Morgan fingerprint density at radius 2 is 2.17 bits per heavy atom. The van der Waals surface area contributed by atoms with Gasteiger partial charge in [-0.2, -0.15) is 0 Å². The molecule has 0 saturated heterocycles. The maximum absolute atomic E-state index is 9.16. The molecule has 0 saturated carbocycles. The summed E-state index contributed by atoms with van der Waals surface area (Å²) >= 11 is 0. The summed E-state index contributed by atoms with van der Waals surface area (Å²) in [5.41, 5.74) is 11.7. The van der Waals surface area contributed by atoms with Gasteiger partial charge in [-0.15, -0.1) is 0 Å². The third-order valence-corrected chi connectivity index (χ3v) is 1.65. The Hall–Kier alpha value is -1.13. The van der Waals surface area contributed by atoms with Crippen LogP contribution < -0.4 is 11.5 Å². The van der Waals surface area contributed by atoms with E-state index in [0.717, 1.165) is 0 Å². The fraction of sp³-hybridized carbons (Fsp3) is 0.375. The van der Waals surface area contributed by atoms with Crippen molar-refractivity contribution in [2.75, 3.05) is 5.73 Å². The molecule has 0 aliphatic carbocycles. The molecular formula is C8H13N3O. The Bertz CT molecular complexity index is 262. The lowest BCUT2D eigenvalue weighted by Crippen LogP contribution is -2.24.